The van der Waals surface area contributed by atoms with Crippen LogP contribution in [0.15, 0.2) is 28.7 Å². The summed E-state index contributed by atoms with van der Waals surface area (Å²) in [4.78, 5) is 14.3. The maximum atomic E-state index is 12.2. The molecule has 0 bridgehead atoms. The number of carbonyl (C=O) groups excluding carboxylic acids is 1. The quantitative estimate of drug-likeness (QED) is 0.855. The molecule has 0 radical (unpaired) electrons. The van der Waals surface area contributed by atoms with Gasteiger partial charge in [-0.25, -0.2) is 0 Å². The molecule has 2 N–H and O–H groups in total. The van der Waals surface area contributed by atoms with Gasteiger partial charge in [-0.3, -0.25) is 9.69 Å². The van der Waals surface area contributed by atoms with Crippen molar-refractivity contribution in [2.45, 2.75) is 37.8 Å². The first kappa shape index (κ1) is 16.5. The van der Waals surface area contributed by atoms with Gasteiger partial charge in [0, 0.05) is 16.6 Å². The summed E-state index contributed by atoms with van der Waals surface area (Å²) >= 11 is 3.45. The van der Waals surface area contributed by atoms with E-state index >= 15 is 0 Å². The molecule has 1 aromatic rings. The second-order valence-electron chi connectivity index (χ2n) is 5.74. The van der Waals surface area contributed by atoms with Crippen molar-refractivity contribution < 1.29 is 4.79 Å². The summed E-state index contributed by atoms with van der Waals surface area (Å²) in [6, 6.07) is 8.84. The molecule has 2 rings (SSSR count). The van der Waals surface area contributed by atoms with Gasteiger partial charge in [-0.2, -0.15) is 0 Å². The normalized spacial score (nSPS) is 22.3. The van der Waals surface area contributed by atoms with Crippen molar-refractivity contribution in [3.63, 3.8) is 0 Å². The van der Waals surface area contributed by atoms with Crippen LogP contribution in [0.5, 0.6) is 0 Å². The molecule has 1 aliphatic carbocycles. The Labute approximate surface area is 135 Å². The van der Waals surface area contributed by atoms with Crippen LogP contribution >= 0.6 is 15.9 Å². The minimum absolute atomic E-state index is 0.0418. The fourth-order valence-electron chi connectivity index (χ4n) is 2.91. The number of nitrogens with zero attached hydrogens (tertiary/aromatic N) is 1. The lowest BCUT2D eigenvalue weighted by Gasteiger charge is -2.34. The molecule has 5 heteroatoms. The van der Waals surface area contributed by atoms with E-state index in [2.05, 4.69) is 31.5 Å². The Morgan fingerprint density at radius 3 is 2.57 bits per heavy atom. The molecule has 1 saturated carbocycles. The van der Waals surface area contributed by atoms with Crippen molar-refractivity contribution in [1.82, 2.24) is 10.2 Å². The van der Waals surface area contributed by atoms with E-state index in [9.17, 15) is 4.79 Å². The number of hydrogen-bond acceptors (Lipinski definition) is 3. The molecule has 21 heavy (non-hydrogen) atoms. The van der Waals surface area contributed by atoms with Crippen molar-refractivity contribution >= 4 is 27.5 Å². The highest BCUT2D eigenvalue weighted by Crippen LogP contribution is 2.23. The number of benzene rings is 1. The van der Waals surface area contributed by atoms with E-state index in [1.807, 2.05) is 38.4 Å². The second-order valence-corrected chi connectivity index (χ2v) is 6.59. The fourth-order valence-corrected chi connectivity index (χ4v) is 3.30. The number of carbonyl (C=O) groups is 1. The van der Waals surface area contributed by atoms with Gasteiger partial charge in [0.05, 0.1) is 12.2 Å². The smallest absolute Gasteiger partial charge is 0.238 e. The van der Waals surface area contributed by atoms with E-state index in [-0.39, 0.29) is 5.91 Å². The van der Waals surface area contributed by atoms with Gasteiger partial charge in [-0.05, 0) is 67.8 Å². The van der Waals surface area contributed by atoms with Gasteiger partial charge in [0.25, 0.3) is 0 Å². The average molecular weight is 354 g/mol. The van der Waals surface area contributed by atoms with Crippen molar-refractivity contribution in [1.29, 1.82) is 0 Å². The van der Waals surface area contributed by atoms with Crippen molar-refractivity contribution in [2.75, 3.05) is 26.0 Å². The molecular weight excluding hydrogens is 330 g/mol. The first-order valence-corrected chi connectivity index (χ1v) is 8.31. The van der Waals surface area contributed by atoms with E-state index in [4.69, 9.17) is 0 Å². The zero-order valence-electron chi connectivity index (χ0n) is 12.7. The maximum absolute atomic E-state index is 12.2. The molecule has 0 saturated heterocycles. The van der Waals surface area contributed by atoms with Crippen LogP contribution in [-0.4, -0.2) is 43.5 Å². The number of hydrogen-bond donors (Lipinski definition) is 2. The largest absolute Gasteiger partial charge is 0.324 e. The molecule has 0 aliphatic heterocycles. The first-order chi connectivity index (χ1) is 10.1. The summed E-state index contributed by atoms with van der Waals surface area (Å²) in [6.45, 7) is 0.441. The van der Waals surface area contributed by atoms with Crippen LogP contribution in [0.3, 0.4) is 0 Å². The lowest BCUT2D eigenvalue weighted by Crippen LogP contribution is -2.42. The number of rotatable bonds is 5. The Kier molecular flexibility index (Phi) is 6.21. The zero-order chi connectivity index (χ0) is 15.2. The van der Waals surface area contributed by atoms with E-state index in [0.29, 0.717) is 18.6 Å². The van der Waals surface area contributed by atoms with Crippen LogP contribution in [0.4, 0.5) is 5.69 Å². The van der Waals surface area contributed by atoms with Crippen molar-refractivity contribution in [3.05, 3.63) is 28.7 Å². The number of amides is 1. The van der Waals surface area contributed by atoms with Gasteiger partial charge in [0.15, 0.2) is 0 Å². The number of anilines is 1. The Hall–Kier alpha value is -0.910. The Morgan fingerprint density at radius 1 is 1.29 bits per heavy atom. The Bertz CT molecular complexity index is 472. The van der Waals surface area contributed by atoms with Crippen LogP contribution in [0.2, 0.25) is 0 Å². The van der Waals surface area contributed by atoms with Crippen molar-refractivity contribution in [2.24, 2.45) is 0 Å². The van der Waals surface area contributed by atoms with Gasteiger partial charge in [-0.1, -0.05) is 12.1 Å². The summed E-state index contributed by atoms with van der Waals surface area (Å²) in [5, 5.41) is 6.30. The molecular formula is C16H24BrN3O. The fraction of sp³-hybridized carbons (Fsp3) is 0.562. The molecule has 1 aromatic carbocycles. The molecule has 1 amide bonds. The second kappa shape index (κ2) is 7.92. The highest BCUT2D eigenvalue weighted by Gasteiger charge is 2.24. The van der Waals surface area contributed by atoms with Gasteiger partial charge < -0.3 is 10.6 Å². The Balaban J connectivity index is 1.81. The van der Waals surface area contributed by atoms with Crippen LogP contribution in [-0.2, 0) is 4.79 Å². The van der Waals surface area contributed by atoms with E-state index in [0.717, 1.165) is 23.0 Å². The predicted molar refractivity (Wildman–Crippen MR) is 90.5 cm³/mol. The van der Waals surface area contributed by atoms with Crippen LogP contribution in [0, 0.1) is 0 Å². The summed E-state index contributed by atoms with van der Waals surface area (Å²) in [7, 11) is 4.07. The van der Waals surface area contributed by atoms with Crippen LogP contribution in [0.25, 0.3) is 0 Å². The lowest BCUT2D eigenvalue weighted by molar-refractivity contribution is -0.117. The molecule has 0 spiro atoms. The molecule has 4 nitrogen and oxygen atoms in total. The topological polar surface area (TPSA) is 44.4 Å². The number of halogens is 1. The minimum atomic E-state index is 0.0418. The van der Waals surface area contributed by atoms with Crippen LogP contribution in [0.1, 0.15) is 25.7 Å². The maximum Gasteiger partial charge on any atom is 0.238 e. The third-order valence-corrected chi connectivity index (χ3v) is 4.96. The number of para-hydroxylation sites is 1. The van der Waals surface area contributed by atoms with Gasteiger partial charge in [-0.15, -0.1) is 0 Å². The van der Waals surface area contributed by atoms with Gasteiger partial charge in [0.1, 0.15) is 0 Å². The summed E-state index contributed by atoms with van der Waals surface area (Å²) in [6.07, 6.45) is 4.70. The molecule has 0 aromatic heterocycles. The summed E-state index contributed by atoms with van der Waals surface area (Å²) < 4.78 is 0.913. The SMILES string of the molecule is CNC1CCC(N(C)CC(=O)Nc2ccccc2Br)CC1. The van der Waals surface area contributed by atoms with Crippen LogP contribution < -0.4 is 10.6 Å². The highest BCUT2D eigenvalue weighted by molar-refractivity contribution is 9.10. The summed E-state index contributed by atoms with van der Waals surface area (Å²) in [5.74, 6) is 0.0418. The molecule has 0 atom stereocenters. The monoisotopic (exact) mass is 353 g/mol. The van der Waals surface area contributed by atoms with E-state index < -0.39 is 0 Å². The zero-order valence-corrected chi connectivity index (χ0v) is 14.3. The first-order valence-electron chi connectivity index (χ1n) is 7.52. The predicted octanol–water partition coefficient (Wildman–Crippen LogP) is 2.85. The van der Waals surface area contributed by atoms with Crippen molar-refractivity contribution in [3.8, 4) is 0 Å². The Morgan fingerprint density at radius 2 is 1.95 bits per heavy atom. The molecule has 0 unspecified atom stereocenters. The highest BCUT2D eigenvalue weighted by atomic mass is 79.9. The standard InChI is InChI=1S/C16H24BrN3O/c1-18-12-7-9-13(10-8-12)20(2)11-16(21)19-15-6-4-3-5-14(15)17/h3-6,12-13,18H,7-11H2,1-2H3,(H,19,21). The van der Waals surface area contributed by atoms with E-state index in [1.165, 1.54) is 12.8 Å². The summed E-state index contributed by atoms with van der Waals surface area (Å²) in [5.41, 5.74) is 0.829. The molecule has 0 heterocycles. The third kappa shape index (κ3) is 4.80. The van der Waals surface area contributed by atoms with Gasteiger partial charge in [0.2, 0.25) is 5.91 Å². The van der Waals surface area contributed by atoms with E-state index in [1.54, 1.807) is 0 Å². The molecule has 1 fully saturated rings. The van der Waals surface area contributed by atoms with Gasteiger partial charge >= 0.3 is 0 Å². The number of likely N-dealkylation sites (N-methyl/N-ethyl adjacent to an activating group) is 1. The third-order valence-electron chi connectivity index (χ3n) is 4.27. The average Bonchev–Trinajstić information content (AvgIpc) is 2.49. The molecule has 1 aliphatic rings. The number of nitrogens with one attached hydrogen (secondary N) is 2. The molecule has 116 valence electrons. The lowest BCUT2D eigenvalue weighted by atomic mass is 9.90. The minimum Gasteiger partial charge on any atom is -0.324 e.